The van der Waals surface area contributed by atoms with E-state index in [-0.39, 0.29) is 85.7 Å². The first-order valence-corrected chi connectivity index (χ1v) is 32.3. The van der Waals surface area contributed by atoms with Gasteiger partial charge in [-0.25, -0.2) is 9.36 Å². The van der Waals surface area contributed by atoms with Crippen molar-refractivity contribution in [2.75, 3.05) is 93.5 Å². The van der Waals surface area contributed by atoms with Crippen LogP contribution in [0.5, 0.6) is 23.0 Å². The van der Waals surface area contributed by atoms with Gasteiger partial charge in [0.25, 0.3) is 0 Å². The summed E-state index contributed by atoms with van der Waals surface area (Å²) < 4.78 is 115. The molecule has 0 amide bonds. The van der Waals surface area contributed by atoms with Gasteiger partial charge in [0.15, 0.2) is 83.8 Å². The fourth-order valence-corrected chi connectivity index (χ4v) is 9.87. The summed E-state index contributed by atoms with van der Waals surface area (Å²) in [5, 5.41) is 16.6. The molecule has 564 valence electrons. The van der Waals surface area contributed by atoms with Crippen LogP contribution < -0.4 is 18.9 Å². The number of ketones is 2. The van der Waals surface area contributed by atoms with Crippen LogP contribution in [0.15, 0.2) is 60.9 Å². The summed E-state index contributed by atoms with van der Waals surface area (Å²) >= 11 is 0. The van der Waals surface area contributed by atoms with Gasteiger partial charge in [0.1, 0.15) is 50.0 Å². The highest BCUT2D eigenvalue weighted by Crippen LogP contribution is 2.34. The van der Waals surface area contributed by atoms with Gasteiger partial charge < -0.3 is 94.7 Å². The van der Waals surface area contributed by atoms with Crippen molar-refractivity contribution in [2.45, 2.75) is 150 Å². The molecule has 10 atom stereocenters. The Morgan fingerprint density at radius 1 is 0.417 bits per heavy atom. The van der Waals surface area contributed by atoms with Crippen molar-refractivity contribution in [3.8, 4) is 23.0 Å². The Hall–Kier alpha value is -9.82. The fraction of sp³-hybridized carbons (Fsp3) is 0.552. The first-order valence-electron chi connectivity index (χ1n) is 32.3. The SMILES string of the molecule is COc1cc(/C=C/C(=O)CC(=O)/C=C/c2ccc(OCc3cn(CCOCCOCCO[C@@H]4O[C@@H](COC(C)=O)[C@@H](OC(C)=O)[C@@H](OC(C)=O)[C@H]4OC(C)=O)nn3)c(OC)c2)ccc1OCc1cn(CCOCCOCCO[C@@H]2O[C@@H](COC(C)=O)[C@@H](OC(C)=O)[C@@H](OC(C)=O)[C@H]2OC(C)=O)nn1. The maximum atomic E-state index is 12.9. The van der Waals surface area contributed by atoms with Gasteiger partial charge in [0.05, 0.1) is 112 Å². The molecule has 2 aromatic heterocycles. The van der Waals surface area contributed by atoms with Crippen molar-refractivity contribution in [1.82, 2.24) is 30.0 Å². The van der Waals surface area contributed by atoms with Gasteiger partial charge >= 0.3 is 47.8 Å². The number of esters is 8. The van der Waals surface area contributed by atoms with E-state index in [1.165, 1.54) is 40.2 Å². The number of hydrogen-bond donors (Lipinski definition) is 0. The molecule has 0 radical (unpaired) electrons. The maximum Gasteiger partial charge on any atom is 0.303 e. The van der Waals surface area contributed by atoms with Gasteiger partial charge in [-0.05, 0) is 47.5 Å². The average molecular weight is 1460 g/mol. The van der Waals surface area contributed by atoms with Crippen molar-refractivity contribution in [3.05, 3.63) is 83.5 Å². The number of carbonyl (C=O) groups is 10. The Kier molecular flexibility index (Phi) is 34.5. The summed E-state index contributed by atoms with van der Waals surface area (Å²) in [6.07, 6.45) is -4.29. The molecule has 0 aliphatic carbocycles. The zero-order valence-electron chi connectivity index (χ0n) is 58.7. The molecule has 2 saturated heterocycles. The lowest BCUT2D eigenvalue weighted by Gasteiger charge is -2.44. The normalized spacial score (nSPS) is 20.1. The highest BCUT2D eigenvalue weighted by Gasteiger charge is 2.54. The monoisotopic (exact) mass is 1450 g/mol. The van der Waals surface area contributed by atoms with E-state index in [0.29, 0.717) is 58.6 Å². The second kappa shape index (κ2) is 43.2. The molecule has 103 heavy (non-hydrogen) atoms. The fourth-order valence-electron chi connectivity index (χ4n) is 9.87. The van der Waals surface area contributed by atoms with E-state index in [0.717, 1.165) is 41.5 Å². The van der Waals surface area contributed by atoms with Crippen LogP contribution in [0.4, 0.5) is 0 Å². The van der Waals surface area contributed by atoms with Crippen molar-refractivity contribution in [2.24, 2.45) is 0 Å². The van der Waals surface area contributed by atoms with E-state index in [2.05, 4.69) is 20.6 Å². The highest BCUT2D eigenvalue weighted by atomic mass is 16.8. The molecule has 4 heterocycles. The number of carbonyl (C=O) groups excluding carboxylic acids is 10. The van der Waals surface area contributed by atoms with E-state index in [1.54, 1.807) is 70.3 Å². The molecule has 2 aliphatic rings. The topological polar surface area (TPSA) is 417 Å². The van der Waals surface area contributed by atoms with Crippen LogP contribution in [0.1, 0.15) is 84.3 Å². The van der Waals surface area contributed by atoms with E-state index < -0.39 is 134 Å². The summed E-state index contributed by atoms with van der Waals surface area (Å²) in [4.78, 5) is 121. The quantitative estimate of drug-likeness (QED) is 0.0202. The first-order chi connectivity index (χ1) is 49.4. The minimum atomic E-state index is -1.36. The smallest absolute Gasteiger partial charge is 0.303 e. The van der Waals surface area contributed by atoms with Crippen LogP contribution in [0.3, 0.4) is 0 Å². The zero-order chi connectivity index (χ0) is 74.8. The number of ether oxygens (including phenoxy) is 20. The van der Waals surface area contributed by atoms with Gasteiger partial charge in [-0.2, -0.15) is 0 Å². The lowest BCUT2D eigenvalue weighted by Crippen LogP contribution is -2.63. The van der Waals surface area contributed by atoms with Crippen LogP contribution in [-0.2, 0) is 150 Å². The molecule has 0 N–H and O–H groups in total. The maximum absolute atomic E-state index is 12.9. The Labute approximate surface area is 591 Å². The second-order valence-corrected chi connectivity index (χ2v) is 22.4. The molecule has 6 rings (SSSR count). The first kappa shape index (κ1) is 82.1. The molecular weight excluding hydrogens is 1370 g/mol. The summed E-state index contributed by atoms with van der Waals surface area (Å²) in [5.41, 5.74) is 2.27. The largest absolute Gasteiger partial charge is 0.493 e. The molecule has 4 aromatic rings. The second-order valence-electron chi connectivity index (χ2n) is 22.4. The van der Waals surface area contributed by atoms with Gasteiger partial charge in [-0.15, -0.1) is 10.2 Å². The van der Waals surface area contributed by atoms with Crippen molar-refractivity contribution in [3.63, 3.8) is 0 Å². The van der Waals surface area contributed by atoms with Crippen LogP contribution in [0.2, 0.25) is 0 Å². The molecule has 0 bridgehead atoms. The molecule has 0 unspecified atom stereocenters. The van der Waals surface area contributed by atoms with Crippen LogP contribution >= 0.6 is 0 Å². The molecule has 36 nitrogen and oxygen atoms in total. The molecule has 0 spiro atoms. The third-order valence-electron chi connectivity index (χ3n) is 14.2. The minimum absolute atomic E-state index is 0.0430. The van der Waals surface area contributed by atoms with E-state index >= 15 is 0 Å². The number of rotatable bonds is 44. The molecule has 36 heteroatoms. The minimum Gasteiger partial charge on any atom is -0.493 e. The molecule has 0 saturated carbocycles. The Bertz CT molecular complexity index is 3300. The number of aromatic nitrogens is 6. The Balaban J connectivity index is 0.842. The predicted molar refractivity (Wildman–Crippen MR) is 346 cm³/mol. The average Bonchev–Trinajstić information content (AvgIpc) is 1.56. The van der Waals surface area contributed by atoms with Crippen LogP contribution in [0.25, 0.3) is 12.2 Å². The molecule has 2 aromatic carbocycles. The lowest BCUT2D eigenvalue weighted by molar-refractivity contribution is -0.309. The molecule has 2 aliphatic heterocycles. The molecular formula is C67H86N6O30. The Morgan fingerprint density at radius 3 is 1.11 bits per heavy atom. The van der Waals surface area contributed by atoms with Crippen LogP contribution in [0, 0.1) is 0 Å². The Morgan fingerprint density at radius 2 is 0.757 bits per heavy atom. The summed E-state index contributed by atoms with van der Waals surface area (Å²) in [6.45, 7) is 10.4. The lowest BCUT2D eigenvalue weighted by atomic mass is 9.98. The van der Waals surface area contributed by atoms with Gasteiger partial charge in [0, 0.05) is 55.4 Å². The third kappa shape index (κ3) is 29.2. The predicted octanol–water partition coefficient (Wildman–Crippen LogP) is 2.57. The molecule has 2 fully saturated rings. The summed E-state index contributed by atoms with van der Waals surface area (Å²) in [5.74, 6) is -5.13. The number of allylic oxidation sites excluding steroid dienone is 2. The standard InChI is InChI=1S/C67H86N6O30/c1-40(74)92-38-58-60(96-42(3)76)62(98-44(5)78)64(100-46(7)80)66(102-58)90-29-27-88-25-23-86-21-19-72-34-50(68-70-72)36-94-54-17-13-48(31-56(54)84-9)11-15-52(82)33-53(83)16-12-49-14-18-55(57(32-49)85-10)95-37-51-35-73(71-69-51)20-22-87-24-26-89-28-30-91-67-65(101-47(8)81)63(99-45(6)79)61(97-43(4)77)59(103-67)39-93-41(2)75/h11-18,31-32,34-35,58-67H,19-30,33,36-39H2,1-10H3/b15-11+,16-12+/t58-,59-,60+,61+,62+,63+,64+,65+,66+,67+/m0/s1. The number of methoxy groups -OCH3 is 2. The zero-order valence-corrected chi connectivity index (χ0v) is 58.7. The van der Waals surface area contributed by atoms with E-state index in [1.807, 2.05) is 0 Å². The third-order valence-corrected chi connectivity index (χ3v) is 14.2. The highest BCUT2D eigenvalue weighted by molar-refractivity contribution is 6.11. The van der Waals surface area contributed by atoms with Crippen molar-refractivity contribution >= 4 is 71.5 Å². The van der Waals surface area contributed by atoms with E-state index in [9.17, 15) is 47.9 Å². The van der Waals surface area contributed by atoms with E-state index in [4.69, 9.17) is 94.7 Å². The van der Waals surface area contributed by atoms with Crippen molar-refractivity contribution in [1.29, 1.82) is 0 Å². The van der Waals surface area contributed by atoms with Gasteiger partial charge in [-0.1, -0.05) is 34.7 Å². The summed E-state index contributed by atoms with van der Waals surface area (Å²) in [7, 11) is 2.94. The van der Waals surface area contributed by atoms with Crippen molar-refractivity contribution < 1.29 is 143 Å². The number of nitrogens with zero attached hydrogens (tertiary/aromatic N) is 6. The summed E-state index contributed by atoms with van der Waals surface area (Å²) in [6, 6.07) is 10.1. The number of hydrogen-bond acceptors (Lipinski definition) is 34. The van der Waals surface area contributed by atoms with Crippen LogP contribution in [-0.4, -0.2) is 244 Å². The van der Waals surface area contributed by atoms with Gasteiger partial charge in [-0.3, -0.25) is 47.9 Å². The van der Waals surface area contributed by atoms with Gasteiger partial charge in [0.2, 0.25) is 0 Å². The number of benzene rings is 2.